The van der Waals surface area contributed by atoms with Gasteiger partial charge in [-0.25, -0.2) is 13.1 Å². The van der Waals surface area contributed by atoms with E-state index in [1.54, 1.807) is 0 Å². The summed E-state index contributed by atoms with van der Waals surface area (Å²) in [6.45, 7) is 3.11. The smallest absolute Gasteiger partial charge is 0.287 e. The van der Waals surface area contributed by atoms with E-state index in [1.807, 2.05) is 6.07 Å². The summed E-state index contributed by atoms with van der Waals surface area (Å²) in [5.74, 6) is 0. The molecule has 1 atom stereocenters. The minimum absolute atomic E-state index is 0.0642. The number of nitrogens with zero attached hydrogens (tertiary/aromatic N) is 4. The second-order valence-corrected chi connectivity index (χ2v) is 10.3. The molecule has 0 aliphatic carbocycles. The van der Waals surface area contributed by atoms with Crippen molar-refractivity contribution in [2.75, 3.05) is 44.7 Å². The van der Waals surface area contributed by atoms with Gasteiger partial charge in [-0.05, 0) is 37.1 Å². The number of ether oxygens (including phenoxy) is 1. The first kappa shape index (κ1) is 23.7. The van der Waals surface area contributed by atoms with Crippen molar-refractivity contribution in [3.8, 4) is 6.07 Å². The first-order valence-electron chi connectivity index (χ1n) is 10.7. The summed E-state index contributed by atoms with van der Waals surface area (Å²) in [6.07, 6.45) is 2.41. The second-order valence-electron chi connectivity index (χ2n) is 8.00. The standard InChI is InChI=1S/C21H25ClN6O4S/c22-20-19(25-12-16-14-32-10-7-24-16)13-26-28(21(20)29)17-5-8-27(9-6-17)33(30,31)18-3-1-15(11-23)2-4-18/h1-4,13,16-17,24-25H,5-10,12,14H2/t16-/m1/s1. The lowest BCUT2D eigenvalue weighted by Crippen LogP contribution is -2.45. The lowest BCUT2D eigenvalue weighted by atomic mass is 10.1. The van der Waals surface area contributed by atoms with Crippen molar-refractivity contribution < 1.29 is 13.2 Å². The summed E-state index contributed by atoms with van der Waals surface area (Å²) in [5.41, 5.74) is 0.463. The maximum absolute atomic E-state index is 12.9. The van der Waals surface area contributed by atoms with Crippen LogP contribution in [0.3, 0.4) is 0 Å². The highest BCUT2D eigenvalue weighted by molar-refractivity contribution is 7.89. The lowest BCUT2D eigenvalue weighted by molar-refractivity contribution is 0.0806. The van der Waals surface area contributed by atoms with E-state index in [0.717, 1.165) is 6.54 Å². The van der Waals surface area contributed by atoms with Gasteiger partial charge in [-0.2, -0.15) is 14.7 Å². The zero-order valence-electron chi connectivity index (χ0n) is 17.9. The van der Waals surface area contributed by atoms with E-state index in [0.29, 0.717) is 43.9 Å². The van der Waals surface area contributed by atoms with Crippen molar-refractivity contribution >= 4 is 27.3 Å². The maximum Gasteiger partial charge on any atom is 0.287 e. The Morgan fingerprint density at radius 2 is 2.00 bits per heavy atom. The van der Waals surface area contributed by atoms with Crippen molar-refractivity contribution in [2.24, 2.45) is 0 Å². The number of nitriles is 1. The fourth-order valence-corrected chi connectivity index (χ4v) is 5.66. The largest absolute Gasteiger partial charge is 0.381 e. The molecule has 2 aromatic rings. The molecule has 4 rings (SSSR count). The highest BCUT2D eigenvalue weighted by Gasteiger charge is 2.31. The van der Waals surface area contributed by atoms with Crippen LogP contribution in [-0.4, -0.2) is 67.9 Å². The summed E-state index contributed by atoms with van der Waals surface area (Å²) in [7, 11) is -3.67. The third kappa shape index (κ3) is 5.20. The molecule has 33 heavy (non-hydrogen) atoms. The minimum Gasteiger partial charge on any atom is -0.381 e. The summed E-state index contributed by atoms with van der Waals surface area (Å²) < 4.78 is 34.0. The predicted molar refractivity (Wildman–Crippen MR) is 123 cm³/mol. The molecule has 0 unspecified atom stereocenters. The van der Waals surface area contributed by atoms with Gasteiger partial charge in [0.1, 0.15) is 5.02 Å². The van der Waals surface area contributed by atoms with Crippen LogP contribution in [0.5, 0.6) is 0 Å². The number of morpholine rings is 1. The van der Waals surface area contributed by atoms with E-state index >= 15 is 0 Å². The number of rotatable bonds is 6. The Hall–Kier alpha value is -2.49. The highest BCUT2D eigenvalue weighted by Crippen LogP contribution is 2.27. The molecule has 2 aliphatic heterocycles. The fraction of sp³-hybridized carbons (Fsp3) is 0.476. The molecule has 10 nitrogen and oxygen atoms in total. The third-order valence-electron chi connectivity index (χ3n) is 5.87. The van der Waals surface area contributed by atoms with E-state index in [9.17, 15) is 13.2 Å². The zero-order valence-corrected chi connectivity index (χ0v) is 19.5. The van der Waals surface area contributed by atoms with Crippen LogP contribution in [-0.2, 0) is 14.8 Å². The quantitative estimate of drug-likeness (QED) is 0.615. The molecular weight excluding hydrogens is 468 g/mol. The molecule has 0 saturated carbocycles. The molecule has 2 saturated heterocycles. The fourth-order valence-electron chi connectivity index (χ4n) is 3.99. The molecule has 2 N–H and O–H groups in total. The monoisotopic (exact) mass is 492 g/mol. The second kappa shape index (κ2) is 10.2. The van der Waals surface area contributed by atoms with E-state index in [1.165, 1.54) is 39.4 Å². The average molecular weight is 493 g/mol. The predicted octanol–water partition coefficient (Wildman–Crippen LogP) is 1.19. The Labute approximate surface area is 197 Å². The lowest BCUT2D eigenvalue weighted by Gasteiger charge is -2.31. The number of hydrogen-bond acceptors (Lipinski definition) is 8. The van der Waals surface area contributed by atoms with E-state index in [4.69, 9.17) is 21.6 Å². The molecular formula is C21H25ClN6O4S. The van der Waals surface area contributed by atoms with Crippen molar-refractivity contribution in [3.63, 3.8) is 0 Å². The summed E-state index contributed by atoms with van der Waals surface area (Å²) in [6, 6.07) is 7.70. The van der Waals surface area contributed by atoms with Crippen LogP contribution in [0.4, 0.5) is 5.69 Å². The molecule has 0 bridgehead atoms. The Morgan fingerprint density at radius 3 is 2.64 bits per heavy atom. The summed E-state index contributed by atoms with van der Waals surface area (Å²) in [5, 5.41) is 19.7. The molecule has 1 aromatic carbocycles. The average Bonchev–Trinajstić information content (AvgIpc) is 2.86. The van der Waals surface area contributed by atoms with Gasteiger partial charge in [0.05, 0.1) is 47.7 Å². The normalized spacial score (nSPS) is 20.3. The van der Waals surface area contributed by atoms with Gasteiger partial charge in [-0.3, -0.25) is 4.79 Å². The molecule has 0 radical (unpaired) electrons. The molecule has 0 spiro atoms. The summed E-state index contributed by atoms with van der Waals surface area (Å²) in [4.78, 5) is 13.0. The van der Waals surface area contributed by atoms with E-state index in [-0.39, 0.29) is 35.1 Å². The first-order valence-corrected chi connectivity index (χ1v) is 12.5. The number of anilines is 1. The van der Waals surface area contributed by atoms with Crippen molar-refractivity contribution in [2.45, 2.75) is 29.8 Å². The van der Waals surface area contributed by atoms with Gasteiger partial charge < -0.3 is 15.4 Å². The van der Waals surface area contributed by atoms with Gasteiger partial charge in [0, 0.05) is 32.2 Å². The van der Waals surface area contributed by atoms with Crippen LogP contribution < -0.4 is 16.2 Å². The van der Waals surface area contributed by atoms with Gasteiger partial charge in [0.25, 0.3) is 5.56 Å². The maximum atomic E-state index is 12.9. The van der Waals surface area contributed by atoms with Crippen LogP contribution >= 0.6 is 11.6 Å². The Bertz CT molecular complexity index is 1180. The van der Waals surface area contributed by atoms with Gasteiger partial charge >= 0.3 is 0 Å². The van der Waals surface area contributed by atoms with Gasteiger partial charge in [0.15, 0.2) is 0 Å². The molecule has 3 heterocycles. The highest BCUT2D eigenvalue weighted by atomic mass is 35.5. The Morgan fingerprint density at radius 1 is 1.27 bits per heavy atom. The van der Waals surface area contributed by atoms with E-state index < -0.39 is 15.6 Å². The molecule has 2 aliphatic rings. The third-order valence-corrected chi connectivity index (χ3v) is 8.15. The van der Waals surface area contributed by atoms with Crippen LogP contribution in [0.2, 0.25) is 5.02 Å². The van der Waals surface area contributed by atoms with Crippen LogP contribution in [0.15, 0.2) is 40.2 Å². The number of halogens is 1. The first-order chi connectivity index (χ1) is 15.9. The number of nitrogens with one attached hydrogen (secondary N) is 2. The molecule has 1 aromatic heterocycles. The Kier molecular flexibility index (Phi) is 7.31. The van der Waals surface area contributed by atoms with Crippen LogP contribution in [0, 0.1) is 11.3 Å². The molecule has 12 heteroatoms. The van der Waals surface area contributed by atoms with Crippen LogP contribution in [0.25, 0.3) is 0 Å². The molecule has 0 amide bonds. The minimum atomic E-state index is -3.67. The number of benzene rings is 1. The van der Waals surface area contributed by atoms with Gasteiger partial charge in [-0.1, -0.05) is 11.6 Å². The van der Waals surface area contributed by atoms with Gasteiger partial charge in [0.2, 0.25) is 10.0 Å². The van der Waals surface area contributed by atoms with E-state index in [2.05, 4.69) is 15.7 Å². The topological polar surface area (TPSA) is 129 Å². The summed E-state index contributed by atoms with van der Waals surface area (Å²) >= 11 is 6.32. The molecule has 2 fully saturated rings. The van der Waals surface area contributed by atoms with Crippen molar-refractivity contribution in [1.82, 2.24) is 19.4 Å². The molecule has 176 valence electrons. The van der Waals surface area contributed by atoms with Crippen LogP contribution in [0.1, 0.15) is 24.4 Å². The number of sulfonamides is 1. The Balaban J connectivity index is 1.40. The van der Waals surface area contributed by atoms with Crippen molar-refractivity contribution in [3.05, 3.63) is 51.4 Å². The number of aromatic nitrogens is 2. The van der Waals surface area contributed by atoms with Gasteiger partial charge in [-0.15, -0.1) is 0 Å². The SMILES string of the molecule is N#Cc1ccc(S(=O)(=O)N2CCC(n3ncc(NC[C@@H]4COCCN4)c(Cl)c3=O)CC2)cc1. The number of piperidine rings is 1. The number of hydrogen-bond donors (Lipinski definition) is 2. The van der Waals surface area contributed by atoms with Crippen molar-refractivity contribution in [1.29, 1.82) is 5.26 Å². The zero-order chi connectivity index (χ0) is 23.4.